The Bertz CT molecular complexity index is 300. The van der Waals surface area contributed by atoms with Crippen LogP contribution in [0.25, 0.3) is 0 Å². The molecule has 2 atom stereocenters. The molecule has 1 aliphatic heterocycles. The first kappa shape index (κ1) is 11.4. The minimum Gasteiger partial charge on any atom is -0.351 e. The van der Waals surface area contributed by atoms with Crippen LogP contribution in [0.1, 0.15) is 32.6 Å². The lowest BCUT2D eigenvalue weighted by Crippen LogP contribution is -2.39. The number of nitrogens with one attached hydrogen (secondary N) is 1. The van der Waals surface area contributed by atoms with Crippen molar-refractivity contribution in [2.24, 2.45) is 5.73 Å². The molecule has 5 heteroatoms. The van der Waals surface area contributed by atoms with Crippen LogP contribution < -0.4 is 11.1 Å². The molecule has 5 nitrogen and oxygen atoms in total. The molecule has 2 unspecified atom stereocenters. The van der Waals surface area contributed by atoms with Gasteiger partial charge in [-0.25, -0.2) is 0 Å². The molecule has 0 aromatic rings. The number of hydrogen-bond donors (Lipinski definition) is 2. The molecule has 0 aromatic carbocycles. The highest BCUT2D eigenvalue weighted by molar-refractivity contribution is 5.82. The van der Waals surface area contributed by atoms with Crippen molar-refractivity contribution in [3.8, 4) is 0 Å². The predicted molar refractivity (Wildman–Crippen MR) is 59.5 cm³/mol. The van der Waals surface area contributed by atoms with Gasteiger partial charge in [0, 0.05) is 31.5 Å². The van der Waals surface area contributed by atoms with Gasteiger partial charge in [-0.2, -0.15) is 0 Å². The maximum atomic E-state index is 11.6. The average molecular weight is 225 g/mol. The number of nitrogens with zero attached hydrogens (tertiary/aromatic N) is 1. The smallest absolute Gasteiger partial charge is 0.225 e. The van der Waals surface area contributed by atoms with Crippen molar-refractivity contribution in [3.63, 3.8) is 0 Å². The van der Waals surface area contributed by atoms with Crippen molar-refractivity contribution < 1.29 is 9.59 Å². The van der Waals surface area contributed by atoms with Gasteiger partial charge >= 0.3 is 0 Å². The molecule has 1 saturated carbocycles. The van der Waals surface area contributed by atoms with E-state index in [0.29, 0.717) is 25.4 Å². The van der Waals surface area contributed by atoms with Crippen LogP contribution in [0.2, 0.25) is 0 Å². The zero-order chi connectivity index (χ0) is 11.7. The van der Waals surface area contributed by atoms with E-state index in [2.05, 4.69) is 5.32 Å². The highest BCUT2D eigenvalue weighted by Gasteiger charge is 2.39. The standard InChI is InChI=1S/C11H19N3O2/c1-7(12)4-10(15)13-8-5-11(16)14(6-8)9-2-3-9/h7-9H,2-6,12H2,1H3,(H,13,15). The van der Waals surface area contributed by atoms with E-state index < -0.39 is 0 Å². The van der Waals surface area contributed by atoms with Crippen molar-refractivity contribution in [2.75, 3.05) is 6.54 Å². The lowest BCUT2D eigenvalue weighted by molar-refractivity contribution is -0.128. The second-order valence-corrected chi connectivity index (χ2v) is 4.93. The van der Waals surface area contributed by atoms with E-state index in [1.807, 2.05) is 4.90 Å². The van der Waals surface area contributed by atoms with Crippen LogP contribution in [-0.4, -0.2) is 41.4 Å². The zero-order valence-corrected chi connectivity index (χ0v) is 9.61. The van der Waals surface area contributed by atoms with Crippen LogP contribution >= 0.6 is 0 Å². The first-order chi connectivity index (χ1) is 7.56. The van der Waals surface area contributed by atoms with Gasteiger partial charge < -0.3 is 16.0 Å². The van der Waals surface area contributed by atoms with Gasteiger partial charge in [0.1, 0.15) is 0 Å². The largest absolute Gasteiger partial charge is 0.351 e. The lowest BCUT2D eigenvalue weighted by Gasteiger charge is -2.16. The predicted octanol–water partition coefficient (Wildman–Crippen LogP) is -0.397. The summed E-state index contributed by atoms with van der Waals surface area (Å²) in [5, 5.41) is 2.87. The highest BCUT2D eigenvalue weighted by atomic mass is 16.2. The average Bonchev–Trinajstić information content (AvgIpc) is 2.90. The molecule has 0 spiro atoms. The van der Waals surface area contributed by atoms with Crippen LogP contribution in [0.15, 0.2) is 0 Å². The number of carbonyl (C=O) groups excluding carboxylic acids is 2. The van der Waals surface area contributed by atoms with Crippen LogP contribution in [0.4, 0.5) is 0 Å². The number of rotatable bonds is 4. The van der Waals surface area contributed by atoms with Gasteiger partial charge in [-0.1, -0.05) is 0 Å². The van der Waals surface area contributed by atoms with Crippen LogP contribution in [-0.2, 0) is 9.59 Å². The summed E-state index contributed by atoms with van der Waals surface area (Å²) in [6.45, 7) is 2.48. The molecule has 2 rings (SSSR count). The fraction of sp³-hybridized carbons (Fsp3) is 0.818. The third kappa shape index (κ3) is 2.72. The number of carbonyl (C=O) groups is 2. The van der Waals surface area contributed by atoms with E-state index in [0.717, 1.165) is 12.8 Å². The van der Waals surface area contributed by atoms with Crippen molar-refractivity contribution >= 4 is 11.8 Å². The van der Waals surface area contributed by atoms with Crippen LogP contribution in [0, 0.1) is 0 Å². The van der Waals surface area contributed by atoms with Gasteiger partial charge in [0.2, 0.25) is 11.8 Å². The number of nitrogens with two attached hydrogens (primary N) is 1. The summed E-state index contributed by atoms with van der Waals surface area (Å²) in [5.41, 5.74) is 5.54. The van der Waals surface area contributed by atoms with Crippen LogP contribution in [0.3, 0.4) is 0 Å². The third-order valence-corrected chi connectivity index (χ3v) is 3.02. The number of likely N-dealkylation sites (tertiary alicyclic amines) is 1. The Balaban J connectivity index is 1.79. The third-order valence-electron chi connectivity index (χ3n) is 3.02. The topological polar surface area (TPSA) is 75.4 Å². The number of amides is 2. The van der Waals surface area contributed by atoms with Crippen molar-refractivity contribution in [1.29, 1.82) is 0 Å². The summed E-state index contributed by atoms with van der Waals surface area (Å²) in [6.07, 6.45) is 3.01. The second-order valence-electron chi connectivity index (χ2n) is 4.93. The van der Waals surface area contributed by atoms with Gasteiger partial charge in [0.15, 0.2) is 0 Å². The zero-order valence-electron chi connectivity index (χ0n) is 9.61. The number of hydrogen-bond acceptors (Lipinski definition) is 3. The van der Waals surface area contributed by atoms with Crippen molar-refractivity contribution in [3.05, 3.63) is 0 Å². The van der Waals surface area contributed by atoms with Gasteiger partial charge in [-0.3, -0.25) is 9.59 Å². The molecule has 2 fully saturated rings. The normalized spacial score (nSPS) is 27.0. The van der Waals surface area contributed by atoms with Gasteiger partial charge in [0.25, 0.3) is 0 Å². The van der Waals surface area contributed by atoms with Gasteiger partial charge in [-0.05, 0) is 19.8 Å². The van der Waals surface area contributed by atoms with E-state index in [1.165, 1.54) is 0 Å². The molecular weight excluding hydrogens is 206 g/mol. The fourth-order valence-corrected chi connectivity index (χ4v) is 2.15. The Morgan fingerprint density at radius 3 is 2.88 bits per heavy atom. The SMILES string of the molecule is CC(N)CC(=O)NC1CC(=O)N(C2CC2)C1. The molecule has 0 bridgehead atoms. The van der Waals surface area contributed by atoms with Crippen LogP contribution in [0.5, 0.6) is 0 Å². The minimum absolute atomic E-state index is 0.0145. The van der Waals surface area contributed by atoms with E-state index in [9.17, 15) is 9.59 Å². The molecule has 16 heavy (non-hydrogen) atoms. The monoisotopic (exact) mass is 225 g/mol. The summed E-state index contributed by atoms with van der Waals surface area (Å²) < 4.78 is 0. The Morgan fingerprint density at radius 1 is 1.62 bits per heavy atom. The van der Waals surface area contributed by atoms with Gasteiger partial charge in [0.05, 0.1) is 6.04 Å². The molecule has 0 aromatic heterocycles. The Kier molecular flexibility index (Phi) is 3.14. The summed E-state index contributed by atoms with van der Waals surface area (Å²) in [7, 11) is 0. The highest BCUT2D eigenvalue weighted by Crippen LogP contribution is 2.30. The Hall–Kier alpha value is -1.10. The maximum Gasteiger partial charge on any atom is 0.225 e. The summed E-state index contributed by atoms with van der Waals surface area (Å²) >= 11 is 0. The molecule has 1 heterocycles. The van der Waals surface area contributed by atoms with E-state index >= 15 is 0 Å². The Labute approximate surface area is 95.3 Å². The van der Waals surface area contributed by atoms with Crippen molar-refractivity contribution in [2.45, 2.75) is 50.7 Å². The van der Waals surface area contributed by atoms with E-state index in [4.69, 9.17) is 5.73 Å². The summed E-state index contributed by atoms with van der Waals surface area (Å²) in [5.74, 6) is 0.124. The minimum atomic E-state index is -0.128. The quantitative estimate of drug-likeness (QED) is 0.684. The summed E-state index contributed by atoms with van der Waals surface area (Å²) in [6, 6.07) is 0.304. The maximum absolute atomic E-state index is 11.6. The van der Waals surface area contributed by atoms with Gasteiger partial charge in [-0.15, -0.1) is 0 Å². The lowest BCUT2D eigenvalue weighted by atomic mass is 10.2. The molecular formula is C11H19N3O2. The molecule has 2 aliphatic rings. The van der Waals surface area contributed by atoms with Crippen molar-refractivity contribution in [1.82, 2.24) is 10.2 Å². The fourth-order valence-electron chi connectivity index (χ4n) is 2.15. The molecule has 3 N–H and O–H groups in total. The first-order valence-corrected chi connectivity index (χ1v) is 5.90. The summed E-state index contributed by atoms with van der Waals surface area (Å²) in [4.78, 5) is 25.0. The molecule has 90 valence electrons. The van der Waals surface area contributed by atoms with E-state index in [1.54, 1.807) is 6.92 Å². The Morgan fingerprint density at radius 2 is 2.31 bits per heavy atom. The molecule has 2 amide bonds. The first-order valence-electron chi connectivity index (χ1n) is 5.90. The molecule has 1 aliphatic carbocycles. The van der Waals surface area contributed by atoms with E-state index in [-0.39, 0.29) is 23.9 Å². The second kappa shape index (κ2) is 4.41. The molecule has 0 radical (unpaired) electrons. The molecule has 1 saturated heterocycles.